The number of para-hydroxylation sites is 2. The van der Waals surface area contributed by atoms with Crippen molar-refractivity contribution in [2.45, 2.75) is 6.04 Å². The van der Waals surface area contributed by atoms with Crippen LogP contribution in [-0.4, -0.2) is 17.4 Å². The predicted octanol–water partition coefficient (Wildman–Crippen LogP) is 3.97. The number of rotatable bonds is 7. The molecule has 0 saturated carbocycles. The van der Waals surface area contributed by atoms with E-state index in [2.05, 4.69) is 10.6 Å². The van der Waals surface area contributed by atoms with Gasteiger partial charge in [0, 0.05) is 10.9 Å². The molecule has 0 saturated heterocycles. The third kappa shape index (κ3) is 4.33. The average Bonchev–Trinajstić information content (AvgIpc) is 3.17. The largest absolute Gasteiger partial charge is 0.319 e. The highest BCUT2D eigenvalue weighted by Crippen LogP contribution is 2.26. The van der Waals surface area contributed by atoms with Crippen LogP contribution >= 0.6 is 11.3 Å². The van der Waals surface area contributed by atoms with E-state index in [4.69, 9.17) is 0 Å². The van der Waals surface area contributed by atoms with Crippen molar-refractivity contribution in [1.82, 2.24) is 5.32 Å². The lowest BCUT2D eigenvalue weighted by molar-refractivity contribution is -0.383. The van der Waals surface area contributed by atoms with Gasteiger partial charge in [0.25, 0.3) is 5.69 Å². The van der Waals surface area contributed by atoms with Crippen molar-refractivity contribution in [3.8, 4) is 0 Å². The first-order valence-electron chi connectivity index (χ1n) is 8.00. The Bertz CT molecular complexity index is 882. The number of carbonyl (C=O) groups excluding carboxylic acids is 1. The number of thiophene rings is 1. The molecule has 0 spiro atoms. The number of carbonyl (C=O) groups is 1. The quantitative estimate of drug-likeness (QED) is 0.489. The van der Waals surface area contributed by atoms with Gasteiger partial charge in [0.2, 0.25) is 5.91 Å². The molecule has 3 aromatic rings. The molecule has 2 aromatic carbocycles. The van der Waals surface area contributed by atoms with Gasteiger partial charge in [0.05, 0.1) is 17.5 Å². The molecular formula is C19H17N3O3S. The topological polar surface area (TPSA) is 84.3 Å². The Hall–Kier alpha value is -3.03. The first-order valence-corrected chi connectivity index (χ1v) is 8.88. The monoisotopic (exact) mass is 367 g/mol. The molecule has 1 atom stereocenters. The summed E-state index contributed by atoms with van der Waals surface area (Å²) >= 11 is 1.60. The summed E-state index contributed by atoms with van der Waals surface area (Å²) in [6, 6.07) is 19.8. The van der Waals surface area contributed by atoms with Crippen LogP contribution in [-0.2, 0) is 4.79 Å². The molecule has 0 radical (unpaired) electrons. The molecule has 0 fully saturated rings. The van der Waals surface area contributed by atoms with Gasteiger partial charge in [0.15, 0.2) is 0 Å². The van der Waals surface area contributed by atoms with Crippen LogP contribution < -0.4 is 10.6 Å². The lowest BCUT2D eigenvalue weighted by Gasteiger charge is -2.18. The van der Waals surface area contributed by atoms with Gasteiger partial charge in [-0.3, -0.25) is 20.2 Å². The summed E-state index contributed by atoms with van der Waals surface area (Å²) in [5.41, 5.74) is 1.11. The van der Waals surface area contributed by atoms with Gasteiger partial charge in [-0.2, -0.15) is 0 Å². The van der Waals surface area contributed by atoms with Gasteiger partial charge in [-0.15, -0.1) is 11.3 Å². The maximum Gasteiger partial charge on any atom is 0.292 e. The van der Waals surface area contributed by atoms with E-state index in [-0.39, 0.29) is 29.9 Å². The first-order chi connectivity index (χ1) is 12.6. The van der Waals surface area contributed by atoms with Crippen molar-refractivity contribution in [2.24, 2.45) is 0 Å². The third-order valence-corrected chi connectivity index (χ3v) is 4.74. The number of anilines is 1. The van der Waals surface area contributed by atoms with Gasteiger partial charge < -0.3 is 5.32 Å². The number of nitrogens with one attached hydrogen (secondary N) is 2. The Morgan fingerprint density at radius 1 is 1.04 bits per heavy atom. The van der Waals surface area contributed by atoms with Crippen LogP contribution in [0.1, 0.15) is 16.5 Å². The number of hydrogen-bond donors (Lipinski definition) is 2. The molecule has 3 rings (SSSR count). The highest BCUT2D eigenvalue weighted by Gasteiger charge is 2.18. The minimum atomic E-state index is -0.512. The van der Waals surface area contributed by atoms with Gasteiger partial charge >= 0.3 is 0 Å². The molecule has 7 heteroatoms. The lowest BCUT2D eigenvalue weighted by Crippen LogP contribution is -2.31. The van der Waals surface area contributed by atoms with Gasteiger partial charge in [-0.25, -0.2) is 0 Å². The molecule has 26 heavy (non-hydrogen) atoms. The fourth-order valence-corrected chi connectivity index (χ4v) is 3.44. The van der Waals surface area contributed by atoms with E-state index in [1.54, 1.807) is 23.5 Å². The maximum absolute atomic E-state index is 12.3. The normalized spacial score (nSPS) is 11.7. The molecule has 0 unspecified atom stereocenters. The van der Waals surface area contributed by atoms with Gasteiger partial charge in [0.1, 0.15) is 5.69 Å². The van der Waals surface area contributed by atoms with Crippen molar-refractivity contribution < 1.29 is 9.72 Å². The first kappa shape index (κ1) is 17.8. The summed E-state index contributed by atoms with van der Waals surface area (Å²) in [5, 5.41) is 18.9. The van der Waals surface area contributed by atoms with Crippen molar-refractivity contribution >= 4 is 28.6 Å². The standard InChI is InChI=1S/C19H17N3O3S/c23-18(21-15-9-4-5-10-16(15)22(24)25)13-20-19(17-11-6-12-26-17)14-7-2-1-3-8-14/h1-12,19-20H,13H2,(H,21,23)/t19-/m0/s1. The molecule has 0 aliphatic carbocycles. The van der Waals surface area contributed by atoms with E-state index >= 15 is 0 Å². The fourth-order valence-electron chi connectivity index (χ4n) is 2.61. The SMILES string of the molecule is O=C(CN[C@@H](c1ccccc1)c1cccs1)Nc1ccccc1[N+](=O)[O-]. The van der Waals surface area contributed by atoms with E-state index in [1.807, 2.05) is 47.8 Å². The molecular weight excluding hydrogens is 350 g/mol. The summed E-state index contributed by atoms with van der Waals surface area (Å²) in [5.74, 6) is -0.336. The van der Waals surface area contributed by atoms with Crippen molar-refractivity contribution in [1.29, 1.82) is 0 Å². The van der Waals surface area contributed by atoms with Crippen LogP contribution in [0.15, 0.2) is 72.1 Å². The summed E-state index contributed by atoms with van der Waals surface area (Å²) < 4.78 is 0. The minimum Gasteiger partial charge on any atom is -0.319 e. The molecule has 0 aliphatic heterocycles. The zero-order valence-corrected chi connectivity index (χ0v) is 14.6. The van der Waals surface area contributed by atoms with E-state index < -0.39 is 4.92 Å². The van der Waals surface area contributed by atoms with Crippen LogP contribution in [0.3, 0.4) is 0 Å². The second-order valence-corrected chi connectivity index (χ2v) is 6.54. The summed E-state index contributed by atoms with van der Waals surface area (Å²) in [7, 11) is 0. The van der Waals surface area contributed by atoms with Crippen molar-refractivity contribution in [3.05, 3.63) is 92.7 Å². The Labute approximate surface area is 154 Å². The van der Waals surface area contributed by atoms with E-state index in [0.29, 0.717) is 0 Å². The van der Waals surface area contributed by atoms with E-state index in [1.165, 1.54) is 12.1 Å². The minimum absolute atomic E-state index is 0.0313. The third-order valence-electron chi connectivity index (χ3n) is 3.80. The predicted molar refractivity (Wildman–Crippen MR) is 102 cm³/mol. The molecule has 6 nitrogen and oxygen atoms in total. The van der Waals surface area contributed by atoms with Crippen molar-refractivity contribution in [3.63, 3.8) is 0 Å². The van der Waals surface area contributed by atoms with Crippen LogP contribution in [0.4, 0.5) is 11.4 Å². The summed E-state index contributed by atoms with van der Waals surface area (Å²) in [6.45, 7) is 0.0313. The van der Waals surface area contributed by atoms with Gasteiger partial charge in [-0.1, -0.05) is 48.5 Å². The zero-order valence-electron chi connectivity index (χ0n) is 13.8. The molecule has 1 aromatic heterocycles. The number of nitrogens with zero attached hydrogens (tertiary/aromatic N) is 1. The van der Waals surface area contributed by atoms with Crippen LogP contribution in [0.2, 0.25) is 0 Å². The maximum atomic E-state index is 12.3. The van der Waals surface area contributed by atoms with Crippen LogP contribution in [0, 0.1) is 10.1 Å². The zero-order chi connectivity index (χ0) is 18.4. The average molecular weight is 367 g/mol. The summed E-state index contributed by atoms with van der Waals surface area (Å²) in [4.78, 5) is 23.9. The van der Waals surface area contributed by atoms with E-state index in [0.717, 1.165) is 10.4 Å². The number of nitro benzene ring substituents is 1. The molecule has 132 valence electrons. The van der Waals surface area contributed by atoms with Gasteiger partial charge in [-0.05, 0) is 23.1 Å². The molecule has 1 amide bonds. The second kappa shape index (κ2) is 8.37. The smallest absolute Gasteiger partial charge is 0.292 e. The fraction of sp³-hybridized carbons (Fsp3) is 0.105. The highest BCUT2D eigenvalue weighted by atomic mass is 32.1. The second-order valence-electron chi connectivity index (χ2n) is 5.56. The number of amides is 1. The Morgan fingerprint density at radius 3 is 2.46 bits per heavy atom. The van der Waals surface area contributed by atoms with E-state index in [9.17, 15) is 14.9 Å². The Balaban J connectivity index is 1.70. The van der Waals surface area contributed by atoms with Crippen LogP contribution in [0.25, 0.3) is 0 Å². The highest BCUT2D eigenvalue weighted by molar-refractivity contribution is 7.10. The number of benzene rings is 2. The number of hydrogen-bond acceptors (Lipinski definition) is 5. The number of nitro groups is 1. The summed E-state index contributed by atoms with van der Waals surface area (Å²) in [6.07, 6.45) is 0. The lowest BCUT2D eigenvalue weighted by atomic mass is 10.1. The molecule has 2 N–H and O–H groups in total. The Morgan fingerprint density at radius 2 is 1.77 bits per heavy atom. The molecule has 1 heterocycles. The van der Waals surface area contributed by atoms with Crippen molar-refractivity contribution in [2.75, 3.05) is 11.9 Å². The Kier molecular flexibility index (Phi) is 5.73. The molecule has 0 aliphatic rings. The van der Waals surface area contributed by atoms with Crippen LogP contribution in [0.5, 0.6) is 0 Å². The molecule has 0 bridgehead atoms.